The van der Waals surface area contributed by atoms with Crippen LogP contribution in [0.3, 0.4) is 0 Å². The Bertz CT molecular complexity index is 1220. The van der Waals surface area contributed by atoms with Crippen molar-refractivity contribution < 1.29 is 14.4 Å². The highest BCUT2D eigenvalue weighted by Crippen LogP contribution is 2.63. The molecule has 0 unspecified atom stereocenters. The highest BCUT2D eigenvalue weighted by Gasteiger charge is 2.68. The third-order valence-electron chi connectivity index (χ3n) is 6.96. The van der Waals surface area contributed by atoms with Crippen LogP contribution in [0.15, 0.2) is 77.3 Å². The van der Waals surface area contributed by atoms with Gasteiger partial charge in [-0.25, -0.2) is 4.90 Å². The molecule has 4 nitrogen and oxygen atoms in total. The van der Waals surface area contributed by atoms with E-state index in [4.69, 9.17) is 0 Å². The van der Waals surface area contributed by atoms with E-state index in [1.807, 2.05) is 60.7 Å². The summed E-state index contributed by atoms with van der Waals surface area (Å²) in [6, 6.07) is 22.7. The molecule has 1 heterocycles. The van der Waals surface area contributed by atoms with Gasteiger partial charge in [0, 0.05) is 10.4 Å². The predicted octanol–water partition coefficient (Wildman–Crippen LogP) is 4.20. The zero-order valence-corrected chi connectivity index (χ0v) is 17.4. The van der Waals surface area contributed by atoms with Crippen LogP contribution in [-0.2, 0) is 19.8 Å². The number of hydrogen-bond donors (Lipinski definition) is 0. The summed E-state index contributed by atoms with van der Waals surface area (Å²) < 4.78 is 0.674. The molecule has 0 spiro atoms. The number of amides is 2. The number of nitrogens with zero attached hydrogens (tertiary/aromatic N) is 1. The smallest absolute Gasteiger partial charge is 0.239 e. The highest BCUT2D eigenvalue weighted by atomic mass is 79.9. The van der Waals surface area contributed by atoms with Crippen LogP contribution in [-0.4, -0.2) is 18.1 Å². The van der Waals surface area contributed by atoms with Crippen molar-refractivity contribution in [2.45, 2.75) is 11.3 Å². The Morgan fingerprint density at radius 1 is 0.800 bits per heavy atom. The van der Waals surface area contributed by atoms with Gasteiger partial charge in [0.15, 0.2) is 0 Å². The summed E-state index contributed by atoms with van der Waals surface area (Å²) in [7, 11) is 0. The quantitative estimate of drug-likeness (QED) is 0.428. The molecular weight excluding hydrogens is 442 g/mol. The molecule has 3 aliphatic carbocycles. The van der Waals surface area contributed by atoms with Gasteiger partial charge in [-0.05, 0) is 50.3 Å². The van der Waals surface area contributed by atoms with Crippen molar-refractivity contribution in [1.82, 2.24) is 0 Å². The Balaban J connectivity index is 1.67. The van der Waals surface area contributed by atoms with Crippen LogP contribution in [0.1, 0.15) is 28.2 Å². The summed E-state index contributed by atoms with van der Waals surface area (Å²) in [5.41, 5.74) is 3.00. The van der Waals surface area contributed by atoms with E-state index in [1.165, 1.54) is 4.90 Å². The normalized spacial score (nSPS) is 28.2. The Morgan fingerprint density at radius 2 is 1.37 bits per heavy atom. The second kappa shape index (κ2) is 5.99. The number of carbonyl (C=O) groups excluding carboxylic acids is 3. The Morgan fingerprint density at radius 3 is 1.97 bits per heavy atom. The fraction of sp³-hybridized carbons (Fsp3) is 0.160. The molecule has 2 amide bonds. The lowest BCUT2D eigenvalue weighted by Gasteiger charge is -2.51. The number of rotatable bonds is 2. The van der Waals surface area contributed by atoms with Gasteiger partial charge < -0.3 is 4.79 Å². The van der Waals surface area contributed by atoms with E-state index in [2.05, 4.69) is 15.9 Å². The number of halogens is 1. The minimum Gasteiger partial charge on any atom is -0.302 e. The van der Waals surface area contributed by atoms with E-state index in [-0.39, 0.29) is 17.7 Å². The van der Waals surface area contributed by atoms with Gasteiger partial charge in [0.2, 0.25) is 11.8 Å². The predicted molar refractivity (Wildman–Crippen MR) is 115 cm³/mol. The highest BCUT2D eigenvalue weighted by molar-refractivity contribution is 9.10. The molecule has 30 heavy (non-hydrogen) atoms. The van der Waals surface area contributed by atoms with E-state index >= 15 is 0 Å². The van der Waals surface area contributed by atoms with Crippen molar-refractivity contribution >= 4 is 39.7 Å². The third-order valence-corrected chi connectivity index (χ3v) is 7.63. The number of imide groups is 1. The van der Waals surface area contributed by atoms with Crippen molar-refractivity contribution in [2.24, 2.45) is 11.8 Å². The number of anilines is 1. The molecule has 3 aromatic rings. The minimum atomic E-state index is -1.16. The summed E-state index contributed by atoms with van der Waals surface area (Å²) in [5, 5.41) is 0. The number of benzene rings is 3. The number of aldehydes is 1. The lowest BCUT2D eigenvalue weighted by atomic mass is 9.48. The average molecular weight is 458 g/mol. The van der Waals surface area contributed by atoms with Gasteiger partial charge in [-0.15, -0.1) is 0 Å². The molecule has 2 bridgehead atoms. The van der Waals surface area contributed by atoms with Crippen LogP contribution >= 0.6 is 15.9 Å². The van der Waals surface area contributed by atoms with Crippen molar-refractivity contribution in [3.8, 4) is 0 Å². The summed E-state index contributed by atoms with van der Waals surface area (Å²) >= 11 is 3.48. The van der Waals surface area contributed by atoms with E-state index in [9.17, 15) is 14.4 Å². The second-order valence-electron chi connectivity index (χ2n) is 8.11. The molecule has 4 aliphatic rings. The van der Waals surface area contributed by atoms with Crippen LogP contribution in [0.4, 0.5) is 5.69 Å². The first-order chi connectivity index (χ1) is 14.6. The van der Waals surface area contributed by atoms with Crippen molar-refractivity contribution in [2.75, 3.05) is 4.90 Å². The molecule has 7 rings (SSSR count). The van der Waals surface area contributed by atoms with Crippen LogP contribution in [0.2, 0.25) is 0 Å². The van der Waals surface area contributed by atoms with Crippen LogP contribution < -0.4 is 4.90 Å². The SMILES string of the molecule is O=CC12c3ccccc3C(c3ccccc31)[C@@H]1C(=O)N(c3ccccc3Br)C(=O)[C@@H]12. The molecule has 3 aromatic carbocycles. The molecule has 0 N–H and O–H groups in total. The summed E-state index contributed by atoms with van der Waals surface area (Å²) in [5.74, 6) is -2.13. The first-order valence-electron chi connectivity index (χ1n) is 9.88. The lowest BCUT2D eigenvalue weighted by Crippen LogP contribution is -2.54. The topological polar surface area (TPSA) is 54.5 Å². The molecule has 1 fully saturated rings. The number of para-hydroxylation sites is 1. The van der Waals surface area contributed by atoms with Crippen molar-refractivity contribution in [1.29, 1.82) is 0 Å². The summed E-state index contributed by atoms with van der Waals surface area (Å²) in [6.45, 7) is 0. The second-order valence-corrected chi connectivity index (χ2v) is 8.96. The number of carbonyl (C=O) groups is 3. The summed E-state index contributed by atoms with van der Waals surface area (Å²) in [4.78, 5) is 41.7. The molecular formula is C25H16BrNO3. The van der Waals surface area contributed by atoms with Gasteiger partial charge in [-0.3, -0.25) is 9.59 Å². The fourth-order valence-electron chi connectivity index (χ4n) is 5.90. The molecule has 146 valence electrons. The standard InChI is InChI=1S/C25H16BrNO3/c26-18-11-5-6-12-19(18)27-23(29)21-20-14-7-1-3-9-16(14)25(13-28,22(21)24(27)30)17-10-4-2-8-15(17)20/h1-13,20-22H/t20?,21-,22+,25?/m0/s1. The van der Waals surface area contributed by atoms with Crippen molar-refractivity contribution in [3.63, 3.8) is 0 Å². The monoisotopic (exact) mass is 457 g/mol. The van der Waals surface area contributed by atoms with Gasteiger partial charge in [0.1, 0.15) is 6.29 Å². The molecule has 0 radical (unpaired) electrons. The van der Waals surface area contributed by atoms with E-state index < -0.39 is 17.3 Å². The molecule has 1 aliphatic heterocycles. The van der Waals surface area contributed by atoms with E-state index in [0.29, 0.717) is 10.2 Å². The van der Waals surface area contributed by atoms with Gasteiger partial charge in [-0.2, -0.15) is 0 Å². The van der Waals surface area contributed by atoms with Gasteiger partial charge in [0.05, 0.1) is 22.9 Å². The van der Waals surface area contributed by atoms with Gasteiger partial charge >= 0.3 is 0 Å². The zero-order chi connectivity index (χ0) is 20.6. The summed E-state index contributed by atoms with van der Waals surface area (Å²) in [6.07, 6.45) is 0.895. The Labute approximate surface area is 181 Å². The zero-order valence-electron chi connectivity index (χ0n) is 15.8. The first kappa shape index (κ1) is 17.8. The largest absolute Gasteiger partial charge is 0.302 e. The maximum absolute atomic E-state index is 13.8. The van der Waals surface area contributed by atoms with E-state index in [1.54, 1.807) is 12.1 Å². The van der Waals surface area contributed by atoms with E-state index in [0.717, 1.165) is 28.5 Å². The van der Waals surface area contributed by atoms with Crippen LogP contribution in [0.5, 0.6) is 0 Å². The maximum Gasteiger partial charge on any atom is 0.239 e. The molecule has 2 atom stereocenters. The first-order valence-corrected chi connectivity index (χ1v) is 10.7. The third kappa shape index (κ3) is 1.89. The molecule has 1 saturated heterocycles. The number of hydrogen-bond acceptors (Lipinski definition) is 3. The Kier molecular flexibility index (Phi) is 3.55. The maximum atomic E-state index is 13.8. The molecule has 5 heteroatoms. The minimum absolute atomic E-state index is 0.239. The lowest BCUT2D eigenvalue weighted by molar-refractivity contribution is -0.128. The van der Waals surface area contributed by atoms with Gasteiger partial charge in [0.25, 0.3) is 0 Å². The molecule has 0 aromatic heterocycles. The fourth-order valence-corrected chi connectivity index (χ4v) is 6.36. The van der Waals surface area contributed by atoms with Crippen LogP contribution in [0, 0.1) is 11.8 Å². The Hall–Kier alpha value is -3.05. The average Bonchev–Trinajstić information content (AvgIpc) is 3.05. The van der Waals surface area contributed by atoms with Gasteiger partial charge in [-0.1, -0.05) is 60.7 Å². The molecule has 0 saturated carbocycles. The van der Waals surface area contributed by atoms with Crippen molar-refractivity contribution in [3.05, 3.63) is 99.5 Å². The van der Waals surface area contributed by atoms with Crippen LogP contribution in [0.25, 0.3) is 0 Å².